The van der Waals surface area contributed by atoms with Crippen LogP contribution in [-0.2, 0) is 11.2 Å². The molecule has 3 aromatic rings. The summed E-state index contributed by atoms with van der Waals surface area (Å²) >= 11 is 0. The molecule has 160 valence electrons. The van der Waals surface area contributed by atoms with Crippen LogP contribution in [-0.4, -0.2) is 41.2 Å². The van der Waals surface area contributed by atoms with Gasteiger partial charge in [-0.1, -0.05) is 30.3 Å². The number of nitrogens with zero attached hydrogens (tertiary/aromatic N) is 1. The third-order valence-corrected chi connectivity index (χ3v) is 6.81. The van der Waals surface area contributed by atoms with E-state index in [4.69, 9.17) is 9.15 Å². The number of fused-ring (bicyclic) bond motifs is 3. The molecule has 2 aromatic carbocycles. The van der Waals surface area contributed by atoms with E-state index in [1.54, 1.807) is 24.3 Å². The number of ether oxygens (including phenoxy) is 1. The first-order valence-corrected chi connectivity index (χ1v) is 10.7. The summed E-state index contributed by atoms with van der Waals surface area (Å²) in [4.78, 5) is 26.5. The van der Waals surface area contributed by atoms with E-state index in [0.29, 0.717) is 11.3 Å². The van der Waals surface area contributed by atoms with Gasteiger partial charge >= 0.3 is 5.63 Å². The van der Waals surface area contributed by atoms with Crippen molar-refractivity contribution in [2.75, 3.05) is 13.2 Å². The van der Waals surface area contributed by atoms with Crippen molar-refractivity contribution in [2.45, 2.75) is 37.8 Å². The molecular formula is C25H25NO5. The van der Waals surface area contributed by atoms with E-state index in [1.807, 2.05) is 23.1 Å². The van der Waals surface area contributed by atoms with Crippen LogP contribution in [0.4, 0.5) is 0 Å². The highest BCUT2D eigenvalue weighted by atomic mass is 16.5. The zero-order valence-corrected chi connectivity index (χ0v) is 17.2. The Balaban J connectivity index is 1.30. The fourth-order valence-corrected chi connectivity index (χ4v) is 5.44. The van der Waals surface area contributed by atoms with E-state index in [1.165, 1.54) is 11.6 Å². The number of carbonyl (C=O) groups is 1. The van der Waals surface area contributed by atoms with Crippen LogP contribution in [0, 0.1) is 5.41 Å². The molecule has 6 heteroatoms. The molecule has 1 amide bonds. The Kier molecular flexibility index (Phi) is 5.02. The molecule has 5 rings (SSSR count). The van der Waals surface area contributed by atoms with Gasteiger partial charge in [0.2, 0.25) is 0 Å². The number of aliphatic hydroxyl groups excluding tert-OH is 1. The summed E-state index contributed by atoms with van der Waals surface area (Å²) in [5.41, 5.74) is 0.895. The highest BCUT2D eigenvalue weighted by Gasteiger charge is 2.56. The predicted molar refractivity (Wildman–Crippen MR) is 116 cm³/mol. The van der Waals surface area contributed by atoms with Crippen molar-refractivity contribution in [1.29, 1.82) is 0 Å². The zero-order valence-electron chi connectivity index (χ0n) is 17.2. The van der Waals surface area contributed by atoms with Crippen molar-refractivity contribution in [1.82, 2.24) is 4.90 Å². The Labute approximate surface area is 180 Å². The molecule has 1 N–H and O–H groups in total. The molecule has 2 saturated heterocycles. The number of hydrogen-bond donors (Lipinski definition) is 1. The third kappa shape index (κ3) is 3.61. The summed E-state index contributed by atoms with van der Waals surface area (Å²) in [5, 5.41) is 11.1. The van der Waals surface area contributed by atoms with E-state index in [-0.39, 0.29) is 36.6 Å². The van der Waals surface area contributed by atoms with Crippen LogP contribution in [0.1, 0.15) is 24.8 Å². The van der Waals surface area contributed by atoms with Crippen LogP contribution in [0.5, 0.6) is 5.75 Å². The molecule has 6 nitrogen and oxygen atoms in total. The quantitative estimate of drug-likeness (QED) is 0.621. The Morgan fingerprint density at radius 3 is 2.74 bits per heavy atom. The van der Waals surface area contributed by atoms with Crippen LogP contribution in [0.2, 0.25) is 0 Å². The van der Waals surface area contributed by atoms with E-state index in [0.717, 1.165) is 31.1 Å². The van der Waals surface area contributed by atoms with Gasteiger partial charge in [-0.2, -0.15) is 0 Å². The Morgan fingerprint density at radius 1 is 1.13 bits per heavy atom. The van der Waals surface area contributed by atoms with Gasteiger partial charge in [-0.25, -0.2) is 4.79 Å². The van der Waals surface area contributed by atoms with Gasteiger partial charge in [0, 0.05) is 35.0 Å². The van der Waals surface area contributed by atoms with Gasteiger partial charge in [-0.3, -0.25) is 4.79 Å². The first-order valence-electron chi connectivity index (χ1n) is 10.7. The summed E-state index contributed by atoms with van der Waals surface area (Å²) in [6.45, 7) is -0.0141. The number of benzene rings is 2. The summed E-state index contributed by atoms with van der Waals surface area (Å²) in [5.74, 6) is 0.421. The minimum atomic E-state index is -0.423. The lowest BCUT2D eigenvalue weighted by Gasteiger charge is -2.36. The highest BCUT2D eigenvalue weighted by Crippen LogP contribution is 2.51. The van der Waals surface area contributed by atoms with Crippen LogP contribution < -0.4 is 10.4 Å². The van der Waals surface area contributed by atoms with E-state index in [9.17, 15) is 14.7 Å². The first kappa shape index (κ1) is 19.8. The van der Waals surface area contributed by atoms with Crippen molar-refractivity contribution in [2.24, 2.45) is 5.41 Å². The summed E-state index contributed by atoms with van der Waals surface area (Å²) < 4.78 is 10.9. The second-order valence-corrected chi connectivity index (χ2v) is 8.68. The molecule has 3 atom stereocenters. The lowest BCUT2D eigenvalue weighted by Crippen LogP contribution is -2.45. The minimum Gasteiger partial charge on any atom is -0.484 e. The number of hydrogen-bond acceptors (Lipinski definition) is 5. The maximum absolute atomic E-state index is 13.1. The Hall–Kier alpha value is -3.12. The van der Waals surface area contributed by atoms with Gasteiger partial charge in [-0.15, -0.1) is 0 Å². The van der Waals surface area contributed by atoms with E-state index >= 15 is 0 Å². The third-order valence-electron chi connectivity index (χ3n) is 6.81. The maximum atomic E-state index is 13.1. The number of carbonyl (C=O) groups excluding carboxylic acids is 1. The smallest absolute Gasteiger partial charge is 0.336 e. The van der Waals surface area contributed by atoms with Gasteiger partial charge in [0.1, 0.15) is 11.3 Å². The van der Waals surface area contributed by atoms with E-state index in [2.05, 4.69) is 12.1 Å². The maximum Gasteiger partial charge on any atom is 0.336 e. The molecule has 2 aliphatic rings. The topological polar surface area (TPSA) is 80.0 Å². The fraction of sp³-hybridized carbons (Fsp3) is 0.360. The largest absolute Gasteiger partial charge is 0.484 e. The number of amides is 1. The van der Waals surface area contributed by atoms with Crippen LogP contribution in [0.15, 0.2) is 69.9 Å². The molecule has 0 saturated carbocycles. The first-order chi connectivity index (χ1) is 15.1. The summed E-state index contributed by atoms with van der Waals surface area (Å²) in [7, 11) is 0. The molecule has 3 heterocycles. The average Bonchev–Trinajstić information content (AvgIpc) is 3.34. The molecule has 0 radical (unpaired) electrons. The van der Waals surface area contributed by atoms with Crippen LogP contribution in [0.25, 0.3) is 11.0 Å². The fourth-order valence-electron chi connectivity index (χ4n) is 5.44. The summed E-state index contributed by atoms with van der Waals surface area (Å²) in [6.07, 6.45) is 3.45. The number of rotatable bonds is 6. The van der Waals surface area contributed by atoms with Gasteiger partial charge in [0.25, 0.3) is 5.91 Å². The zero-order chi connectivity index (χ0) is 21.4. The Morgan fingerprint density at radius 2 is 1.94 bits per heavy atom. The summed E-state index contributed by atoms with van der Waals surface area (Å²) in [6, 6.07) is 18.6. The SMILES string of the molecule is O=C(COc1ccc2ccc(=O)oc2c1)N1[C@@H]2CC[C@H]1[C@](CO)(Cc1ccccc1)C2. The van der Waals surface area contributed by atoms with Crippen molar-refractivity contribution in [3.05, 3.63) is 76.6 Å². The lowest BCUT2D eigenvalue weighted by molar-refractivity contribution is -0.135. The monoisotopic (exact) mass is 419 g/mol. The Bertz CT molecular complexity index is 1160. The highest BCUT2D eigenvalue weighted by molar-refractivity contribution is 5.80. The van der Waals surface area contributed by atoms with Gasteiger partial charge in [0.15, 0.2) is 6.61 Å². The second kappa shape index (κ2) is 7.85. The minimum absolute atomic E-state index is 0.0217. The van der Waals surface area contributed by atoms with Crippen LogP contribution >= 0.6 is 0 Å². The predicted octanol–water partition coefficient (Wildman–Crippen LogP) is 3.16. The standard InChI is InChI=1S/C25H25NO5/c27-16-25(13-17-4-2-1-3-5-17)14-19-8-10-22(25)26(19)23(28)15-30-20-9-6-18-7-11-24(29)31-21(18)12-20/h1-7,9,11-12,19,22,27H,8,10,13-16H2/t19-,22+,25-/m1/s1. The van der Waals surface area contributed by atoms with Gasteiger partial charge in [0.05, 0.1) is 6.61 Å². The molecular weight excluding hydrogens is 394 g/mol. The van der Waals surface area contributed by atoms with Crippen molar-refractivity contribution in [3.63, 3.8) is 0 Å². The average molecular weight is 419 g/mol. The van der Waals surface area contributed by atoms with Crippen molar-refractivity contribution < 1.29 is 19.1 Å². The molecule has 31 heavy (non-hydrogen) atoms. The molecule has 0 spiro atoms. The molecule has 0 aliphatic carbocycles. The lowest BCUT2D eigenvalue weighted by atomic mass is 9.70. The van der Waals surface area contributed by atoms with Crippen LogP contribution in [0.3, 0.4) is 0 Å². The molecule has 0 unspecified atom stereocenters. The molecule has 2 aliphatic heterocycles. The molecule has 2 bridgehead atoms. The van der Waals surface area contributed by atoms with Gasteiger partial charge < -0.3 is 19.2 Å². The number of aliphatic hydroxyl groups is 1. The van der Waals surface area contributed by atoms with Crippen molar-refractivity contribution >= 4 is 16.9 Å². The van der Waals surface area contributed by atoms with Gasteiger partial charge in [-0.05, 0) is 49.4 Å². The molecule has 2 fully saturated rings. The second-order valence-electron chi connectivity index (χ2n) is 8.68. The normalized spacial score (nSPS) is 24.6. The van der Waals surface area contributed by atoms with E-state index < -0.39 is 5.63 Å². The molecule has 1 aromatic heterocycles. The van der Waals surface area contributed by atoms with Crippen molar-refractivity contribution in [3.8, 4) is 5.75 Å².